The number of rotatable bonds is 6. The average molecular weight is 458 g/mol. The van der Waals surface area contributed by atoms with Crippen LogP contribution in [0.4, 0.5) is 5.82 Å². The summed E-state index contributed by atoms with van der Waals surface area (Å²) in [7, 11) is 0. The second-order valence-corrected chi connectivity index (χ2v) is 9.18. The van der Waals surface area contributed by atoms with Gasteiger partial charge in [-0.2, -0.15) is 0 Å². The van der Waals surface area contributed by atoms with Crippen molar-refractivity contribution < 1.29 is 14.6 Å². The van der Waals surface area contributed by atoms with E-state index in [1.165, 1.54) is 0 Å². The Morgan fingerprint density at radius 3 is 2.65 bits per heavy atom. The number of H-pyrrole nitrogens is 1. The smallest absolute Gasteiger partial charge is 0.263 e. The highest BCUT2D eigenvalue weighted by Gasteiger charge is 2.33. The van der Waals surface area contributed by atoms with Crippen LogP contribution in [0.2, 0.25) is 0 Å². The van der Waals surface area contributed by atoms with Crippen LogP contribution in [0.3, 0.4) is 0 Å². The summed E-state index contributed by atoms with van der Waals surface area (Å²) >= 11 is 0. The molecule has 1 saturated heterocycles. The lowest BCUT2D eigenvalue weighted by atomic mass is 9.84. The number of ketones is 1. The summed E-state index contributed by atoms with van der Waals surface area (Å²) in [6.45, 7) is 5.21. The number of hydrogen-bond acceptors (Lipinski definition) is 7. The number of benzene rings is 2. The molecule has 8 heteroatoms. The van der Waals surface area contributed by atoms with E-state index in [0.29, 0.717) is 35.4 Å². The largest absolute Gasteiger partial charge is 0.436 e. The maximum absolute atomic E-state index is 12.9. The molecule has 1 fully saturated rings. The Balaban J connectivity index is 1.33. The summed E-state index contributed by atoms with van der Waals surface area (Å²) < 4.78 is 6.06. The minimum Gasteiger partial charge on any atom is -0.436 e. The highest BCUT2D eigenvalue weighted by atomic mass is 16.5. The van der Waals surface area contributed by atoms with Crippen LogP contribution in [0.1, 0.15) is 42.9 Å². The van der Waals surface area contributed by atoms with Gasteiger partial charge in [0.2, 0.25) is 5.78 Å². The van der Waals surface area contributed by atoms with Crippen LogP contribution in [0.5, 0.6) is 11.6 Å². The highest BCUT2D eigenvalue weighted by molar-refractivity contribution is 6.08. The van der Waals surface area contributed by atoms with Crippen molar-refractivity contribution in [3.8, 4) is 11.6 Å². The zero-order valence-corrected chi connectivity index (χ0v) is 19.2. The van der Waals surface area contributed by atoms with E-state index in [4.69, 9.17) is 4.74 Å². The second-order valence-electron chi connectivity index (χ2n) is 9.18. The molecule has 0 aliphatic carbocycles. The number of ether oxygens (including phenoxy) is 1. The molecule has 2 aromatic heterocycles. The number of piperidine rings is 1. The number of carbonyl (C=O) groups is 1. The summed E-state index contributed by atoms with van der Waals surface area (Å²) in [4.78, 5) is 31.4. The van der Waals surface area contributed by atoms with Crippen LogP contribution in [0.15, 0.2) is 60.9 Å². The van der Waals surface area contributed by atoms with Crippen LogP contribution < -0.4 is 9.64 Å². The molecule has 1 aliphatic heterocycles. The van der Waals surface area contributed by atoms with E-state index in [0.717, 1.165) is 30.4 Å². The lowest BCUT2D eigenvalue weighted by Crippen LogP contribution is -2.45. The lowest BCUT2D eigenvalue weighted by molar-refractivity contribution is 0.0109. The van der Waals surface area contributed by atoms with Crippen LogP contribution in [0.25, 0.3) is 11.0 Å². The molecule has 34 heavy (non-hydrogen) atoms. The first-order valence-corrected chi connectivity index (χ1v) is 11.4. The number of aliphatic hydroxyl groups is 1. The van der Waals surface area contributed by atoms with Crippen molar-refractivity contribution in [2.24, 2.45) is 5.92 Å². The highest BCUT2D eigenvalue weighted by Crippen LogP contribution is 2.34. The Morgan fingerprint density at radius 1 is 1.12 bits per heavy atom. The van der Waals surface area contributed by atoms with Crippen molar-refractivity contribution in [1.29, 1.82) is 0 Å². The minimum atomic E-state index is -0.760. The Kier molecular flexibility index (Phi) is 5.75. The van der Waals surface area contributed by atoms with Crippen molar-refractivity contribution in [3.05, 3.63) is 72.3 Å². The first-order valence-electron chi connectivity index (χ1n) is 11.4. The molecule has 0 spiro atoms. The van der Waals surface area contributed by atoms with E-state index in [-0.39, 0.29) is 11.7 Å². The number of nitrogens with one attached hydrogen (secondary N) is 1. The summed E-state index contributed by atoms with van der Waals surface area (Å²) in [6, 6.07) is 14.5. The van der Waals surface area contributed by atoms with Gasteiger partial charge in [0.1, 0.15) is 5.75 Å². The van der Waals surface area contributed by atoms with Gasteiger partial charge in [-0.05, 0) is 63.1 Å². The Hall–Kier alpha value is -3.78. The molecular formula is C26H27N5O3. The number of carbonyl (C=O) groups excluding carboxylic acids is 1. The van der Waals surface area contributed by atoms with Crippen LogP contribution in [0, 0.1) is 5.92 Å². The maximum Gasteiger partial charge on any atom is 0.263 e. The second kappa shape index (κ2) is 8.87. The first-order chi connectivity index (χ1) is 16.4. The number of para-hydroxylation sites is 2. The molecule has 2 N–H and O–H groups in total. The van der Waals surface area contributed by atoms with Gasteiger partial charge in [0, 0.05) is 37.0 Å². The quantitative estimate of drug-likeness (QED) is 0.415. The molecule has 8 nitrogen and oxygen atoms in total. The van der Waals surface area contributed by atoms with Gasteiger partial charge in [-0.25, -0.2) is 15.0 Å². The molecule has 0 amide bonds. The molecule has 5 rings (SSSR count). The summed E-state index contributed by atoms with van der Waals surface area (Å²) in [6.07, 6.45) is 5.17. The number of imidazole rings is 1. The van der Waals surface area contributed by atoms with Gasteiger partial charge in [-0.1, -0.05) is 12.1 Å². The van der Waals surface area contributed by atoms with Gasteiger partial charge in [-0.15, -0.1) is 0 Å². The molecule has 1 aliphatic rings. The van der Waals surface area contributed by atoms with E-state index in [9.17, 15) is 9.90 Å². The third kappa shape index (κ3) is 4.49. The Morgan fingerprint density at radius 2 is 1.88 bits per heavy atom. The fourth-order valence-electron chi connectivity index (χ4n) is 4.34. The van der Waals surface area contributed by atoms with Gasteiger partial charge in [0.15, 0.2) is 11.6 Å². The van der Waals surface area contributed by atoms with Crippen molar-refractivity contribution in [2.75, 3.05) is 18.0 Å². The molecule has 2 aromatic carbocycles. The van der Waals surface area contributed by atoms with Crippen LogP contribution >= 0.6 is 0 Å². The number of anilines is 1. The number of nitrogens with zero attached hydrogens (tertiary/aromatic N) is 4. The molecule has 0 unspecified atom stereocenters. The molecule has 3 heterocycles. The summed E-state index contributed by atoms with van der Waals surface area (Å²) in [5, 5.41) is 10.5. The Labute approximate surface area is 197 Å². The van der Waals surface area contributed by atoms with Gasteiger partial charge in [-0.3, -0.25) is 4.79 Å². The van der Waals surface area contributed by atoms with Gasteiger partial charge in [0.05, 0.1) is 16.6 Å². The van der Waals surface area contributed by atoms with E-state index < -0.39 is 5.60 Å². The monoisotopic (exact) mass is 457 g/mol. The van der Waals surface area contributed by atoms with Crippen LogP contribution in [-0.4, -0.2) is 49.5 Å². The molecule has 0 bridgehead atoms. The molecule has 0 saturated carbocycles. The number of hydrogen-bond donors (Lipinski definition) is 2. The number of aromatic nitrogens is 4. The average Bonchev–Trinajstić information content (AvgIpc) is 3.28. The molecule has 174 valence electrons. The van der Waals surface area contributed by atoms with Crippen LogP contribution in [-0.2, 0) is 0 Å². The first kappa shape index (κ1) is 22.0. The minimum absolute atomic E-state index is 0.139. The molecule has 4 aromatic rings. The number of aromatic amines is 1. The maximum atomic E-state index is 12.9. The standard InChI is InChI=1S/C26H27N5O3/c1-26(2,33)18-6-5-15-31(16-18)24-25(28-14-13-27-24)34-19-11-9-17(10-12-19)22(32)23-29-20-7-3-4-8-21(20)30-23/h3-4,7-14,18,33H,5-6,15-16H2,1-2H3,(H,29,30)/t18-/m0/s1. The van der Waals surface area contributed by atoms with Crippen molar-refractivity contribution in [2.45, 2.75) is 32.3 Å². The summed E-state index contributed by atoms with van der Waals surface area (Å²) in [5.41, 5.74) is 1.33. The topological polar surface area (TPSA) is 104 Å². The van der Waals surface area contributed by atoms with E-state index in [1.54, 1.807) is 36.7 Å². The molecular weight excluding hydrogens is 430 g/mol. The Bertz CT molecular complexity index is 1280. The lowest BCUT2D eigenvalue weighted by Gasteiger charge is -2.39. The summed E-state index contributed by atoms with van der Waals surface area (Å²) in [5.74, 6) is 1.86. The molecule has 0 radical (unpaired) electrons. The normalized spacial score (nSPS) is 16.6. The SMILES string of the molecule is CC(C)(O)[C@H]1CCCN(c2nccnc2Oc2ccc(C(=O)c3nc4ccccc4[nH]3)cc2)C1. The molecule has 1 atom stereocenters. The predicted octanol–water partition coefficient (Wildman–Crippen LogP) is 4.36. The van der Waals surface area contributed by atoms with E-state index >= 15 is 0 Å². The number of fused-ring (bicyclic) bond motifs is 1. The van der Waals surface area contributed by atoms with E-state index in [1.807, 2.05) is 38.1 Å². The van der Waals surface area contributed by atoms with Gasteiger partial charge < -0.3 is 19.7 Å². The zero-order chi connectivity index (χ0) is 23.7. The van der Waals surface area contributed by atoms with Crippen molar-refractivity contribution >= 4 is 22.6 Å². The predicted molar refractivity (Wildman–Crippen MR) is 129 cm³/mol. The fraction of sp³-hybridized carbons (Fsp3) is 0.308. The van der Waals surface area contributed by atoms with Gasteiger partial charge in [0.25, 0.3) is 5.88 Å². The van der Waals surface area contributed by atoms with Gasteiger partial charge >= 0.3 is 0 Å². The van der Waals surface area contributed by atoms with Crippen molar-refractivity contribution in [1.82, 2.24) is 19.9 Å². The van der Waals surface area contributed by atoms with E-state index in [2.05, 4.69) is 24.8 Å². The fourth-order valence-corrected chi connectivity index (χ4v) is 4.34. The third-order valence-electron chi connectivity index (χ3n) is 6.30. The zero-order valence-electron chi connectivity index (χ0n) is 19.2. The van der Waals surface area contributed by atoms with Crippen molar-refractivity contribution in [3.63, 3.8) is 0 Å². The third-order valence-corrected chi connectivity index (χ3v) is 6.30.